The molecule has 124 valence electrons. The Morgan fingerprint density at radius 3 is 2.29 bits per heavy atom. The van der Waals surface area contributed by atoms with Crippen molar-refractivity contribution in [1.82, 2.24) is 4.90 Å². The van der Waals surface area contributed by atoms with Crippen molar-refractivity contribution in [2.24, 2.45) is 23.0 Å². The van der Waals surface area contributed by atoms with Gasteiger partial charge in [-0.05, 0) is 62.9 Å². The summed E-state index contributed by atoms with van der Waals surface area (Å²) in [6.07, 6.45) is 12.5. The molecule has 0 heterocycles. The SMILES string of the molecule is CCC(C)(C)C1CCC(CN)C(N(C)C2CCCCC2)C1. The van der Waals surface area contributed by atoms with Gasteiger partial charge in [-0.3, -0.25) is 0 Å². The van der Waals surface area contributed by atoms with Crippen LogP contribution in [0.4, 0.5) is 0 Å². The number of hydrogen-bond acceptors (Lipinski definition) is 2. The van der Waals surface area contributed by atoms with Crippen LogP contribution >= 0.6 is 0 Å². The summed E-state index contributed by atoms with van der Waals surface area (Å²) in [6.45, 7) is 8.17. The topological polar surface area (TPSA) is 29.3 Å². The minimum atomic E-state index is 0.491. The van der Waals surface area contributed by atoms with Crippen molar-refractivity contribution in [3.8, 4) is 0 Å². The molecule has 21 heavy (non-hydrogen) atoms. The standard InChI is InChI=1S/C19H38N2/c1-5-19(2,3)16-12-11-15(14-20)18(13-16)21(4)17-9-7-6-8-10-17/h15-18H,5-14,20H2,1-4H3. The van der Waals surface area contributed by atoms with Crippen molar-refractivity contribution < 1.29 is 0 Å². The second-order valence-electron chi connectivity index (χ2n) is 8.37. The summed E-state index contributed by atoms with van der Waals surface area (Å²) in [5.74, 6) is 1.60. The lowest BCUT2D eigenvalue weighted by Gasteiger charge is -2.48. The van der Waals surface area contributed by atoms with Crippen molar-refractivity contribution in [3.05, 3.63) is 0 Å². The second-order valence-corrected chi connectivity index (χ2v) is 8.37. The van der Waals surface area contributed by atoms with Crippen LogP contribution in [0.3, 0.4) is 0 Å². The van der Waals surface area contributed by atoms with Crippen molar-refractivity contribution in [2.45, 2.75) is 90.6 Å². The van der Waals surface area contributed by atoms with Gasteiger partial charge in [0, 0.05) is 12.1 Å². The molecule has 2 rings (SSSR count). The van der Waals surface area contributed by atoms with Gasteiger partial charge in [0.2, 0.25) is 0 Å². The van der Waals surface area contributed by atoms with Crippen molar-refractivity contribution in [1.29, 1.82) is 0 Å². The van der Waals surface area contributed by atoms with E-state index in [1.165, 1.54) is 57.8 Å². The zero-order chi connectivity index (χ0) is 15.5. The van der Waals surface area contributed by atoms with E-state index in [0.29, 0.717) is 5.41 Å². The first-order valence-corrected chi connectivity index (χ1v) is 9.41. The highest BCUT2D eigenvalue weighted by Gasteiger charge is 2.39. The third-order valence-electron chi connectivity index (χ3n) is 6.95. The van der Waals surface area contributed by atoms with Crippen LogP contribution in [0.5, 0.6) is 0 Å². The van der Waals surface area contributed by atoms with Gasteiger partial charge in [-0.1, -0.05) is 46.5 Å². The maximum absolute atomic E-state index is 6.12. The predicted molar refractivity (Wildman–Crippen MR) is 92.4 cm³/mol. The number of nitrogens with two attached hydrogens (primary N) is 1. The molecule has 0 aliphatic heterocycles. The molecule has 2 aliphatic rings. The lowest BCUT2D eigenvalue weighted by Crippen LogP contribution is -2.51. The van der Waals surface area contributed by atoms with E-state index in [1.54, 1.807) is 0 Å². The highest BCUT2D eigenvalue weighted by atomic mass is 15.2. The lowest BCUT2D eigenvalue weighted by atomic mass is 9.65. The highest BCUT2D eigenvalue weighted by molar-refractivity contribution is 4.93. The van der Waals surface area contributed by atoms with E-state index in [4.69, 9.17) is 5.73 Å². The molecule has 0 aromatic rings. The van der Waals surface area contributed by atoms with Crippen LogP contribution in [0.2, 0.25) is 0 Å². The lowest BCUT2D eigenvalue weighted by molar-refractivity contribution is 0.0214. The molecular formula is C19H38N2. The molecule has 0 saturated heterocycles. The Bertz CT molecular complexity index is 307. The van der Waals surface area contributed by atoms with Gasteiger partial charge in [0.25, 0.3) is 0 Å². The maximum atomic E-state index is 6.12. The molecule has 2 fully saturated rings. The Morgan fingerprint density at radius 1 is 1.05 bits per heavy atom. The van der Waals surface area contributed by atoms with E-state index in [0.717, 1.165) is 30.5 Å². The first kappa shape index (κ1) is 17.3. The van der Waals surface area contributed by atoms with Gasteiger partial charge in [-0.2, -0.15) is 0 Å². The quantitative estimate of drug-likeness (QED) is 0.812. The van der Waals surface area contributed by atoms with E-state index in [1.807, 2.05) is 0 Å². The third-order valence-corrected chi connectivity index (χ3v) is 6.95. The monoisotopic (exact) mass is 294 g/mol. The van der Waals surface area contributed by atoms with Gasteiger partial charge in [0.15, 0.2) is 0 Å². The average molecular weight is 295 g/mol. The van der Waals surface area contributed by atoms with E-state index in [2.05, 4.69) is 32.7 Å². The van der Waals surface area contributed by atoms with E-state index < -0.39 is 0 Å². The summed E-state index contributed by atoms with van der Waals surface area (Å²) in [4.78, 5) is 2.74. The first-order valence-electron chi connectivity index (χ1n) is 9.41. The minimum Gasteiger partial charge on any atom is -0.330 e. The Hall–Kier alpha value is -0.0800. The Kier molecular flexibility index (Phi) is 6.14. The Morgan fingerprint density at radius 2 is 1.71 bits per heavy atom. The van der Waals surface area contributed by atoms with E-state index >= 15 is 0 Å². The summed E-state index contributed by atoms with van der Waals surface area (Å²) in [6, 6.07) is 1.55. The second kappa shape index (κ2) is 7.46. The molecule has 0 aromatic carbocycles. The third kappa shape index (κ3) is 4.01. The molecular weight excluding hydrogens is 256 g/mol. The fraction of sp³-hybridized carbons (Fsp3) is 1.00. The normalized spacial score (nSPS) is 32.6. The molecule has 2 heteroatoms. The fourth-order valence-electron chi connectivity index (χ4n) is 4.74. The smallest absolute Gasteiger partial charge is 0.0138 e. The van der Waals surface area contributed by atoms with Crippen LogP contribution in [-0.2, 0) is 0 Å². The first-order chi connectivity index (χ1) is 9.99. The van der Waals surface area contributed by atoms with Crippen molar-refractivity contribution in [3.63, 3.8) is 0 Å². The minimum absolute atomic E-state index is 0.491. The van der Waals surface area contributed by atoms with Crippen LogP contribution in [0.15, 0.2) is 0 Å². The molecule has 0 bridgehead atoms. The fourth-order valence-corrected chi connectivity index (χ4v) is 4.74. The van der Waals surface area contributed by atoms with Crippen LogP contribution in [0, 0.1) is 17.3 Å². The molecule has 2 N–H and O–H groups in total. The predicted octanol–water partition coefficient (Wildman–Crippen LogP) is 4.43. The number of nitrogens with zero attached hydrogens (tertiary/aromatic N) is 1. The molecule has 3 unspecified atom stereocenters. The summed E-state index contributed by atoms with van der Waals surface area (Å²) < 4.78 is 0. The molecule has 2 saturated carbocycles. The van der Waals surface area contributed by atoms with Gasteiger partial charge in [0.1, 0.15) is 0 Å². The van der Waals surface area contributed by atoms with Crippen molar-refractivity contribution >= 4 is 0 Å². The van der Waals surface area contributed by atoms with Gasteiger partial charge in [-0.15, -0.1) is 0 Å². The molecule has 2 aliphatic carbocycles. The Balaban J connectivity index is 2.05. The van der Waals surface area contributed by atoms with Gasteiger partial charge in [0.05, 0.1) is 0 Å². The molecule has 2 nitrogen and oxygen atoms in total. The molecule has 0 radical (unpaired) electrons. The summed E-state index contributed by atoms with van der Waals surface area (Å²) in [7, 11) is 2.39. The summed E-state index contributed by atoms with van der Waals surface area (Å²) in [5.41, 5.74) is 6.61. The van der Waals surface area contributed by atoms with Crippen LogP contribution in [0.1, 0.15) is 78.6 Å². The van der Waals surface area contributed by atoms with Gasteiger partial charge < -0.3 is 10.6 Å². The Labute approximate surface area is 132 Å². The molecule has 0 aromatic heterocycles. The maximum Gasteiger partial charge on any atom is 0.0138 e. The zero-order valence-electron chi connectivity index (χ0n) is 14.9. The number of rotatable bonds is 5. The molecule has 0 spiro atoms. The average Bonchev–Trinajstić information content (AvgIpc) is 2.54. The van der Waals surface area contributed by atoms with E-state index in [9.17, 15) is 0 Å². The zero-order valence-corrected chi connectivity index (χ0v) is 14.9. The molecule has 3 atom stereocenters. The summed E-state index contributed by atoms with van der Waals surface area (Å²) >= 11 is 0. The number of hydrogen-bond donors (Lipinski definition) is 1. The van der Waals surface area contributed by atoms with E-state index in [-0.39, 0.29) is 0 Å². The van der Waals surface area contributed by atoms with Crippen molar-refractivity contribution in [2.75, 3.05) is 13.6 Å². The highest BCUT2D eigenvalue weighted by Crippen LogP contribution is 2.44. The molecule has 0 amide bonds. The van der Waals surface area contributed by atoms with Crippen LogP contribution < -0.4 is 5.73 Å². The van der Waals surface area contributed by atoms with Gasteiger partial charge in [-0.25, -0.2) is 0 Å². The van der Waals surface area contributed by atoms with Crippen LogP contribution in [-0.4, -0.2) is 30.6 Å². The largest absolute Gasteiger partial charge is 0.330 e. The van der Waals surface area contributed by atoms with Crippen LogP contribution in [0.25, 0.3) is 0 Å². The van der Waals surface area contributed by atoms with Gasteiger partial charge >= 0.3 is 0 Å². The summed E-state index contributed by atoms with van der Waals surface area (Å²) in [5, 5.41) is 0.